The van der Waals surface area contributed by atoms with E-state index >= 15 is 0 Å². The highest BCUT2D eigenvalue weighted by atomic mass is 16.5. The van der Waals surface area contributed by atoms with Crippen LogP contribution in [-0.4, -0.2) is 30.9 Å². The highest BCUT2D eigenvalue weighted by molar-refractivity contribution is 5.94. The molecule has 2 aliphatic rings. The summed E-state index contributed by atoms with van der Waals surface area (Å²) < 4.78 is 6.95. The van der Waals surface area contributed by atoms with Gasteiger partial charge in [0.1, 0.15) is 6.61 Å². The van der Waals surface area contributed by atoms with Gasteiger partial charge in [-0.15, -0.1) is 5.10 Å². The fourth-order valence-electron chi connectivity index (χ4n) is 3.54. The van der Waals surface area contributed by atoms with E-state index in [1.54, 1.807) is 12.3 Å². The van der Waals surface area contributed by atoms with E-state index in [1.807, 2.05) is 16.8 Å². The number of carbonyl (C=O) groups excluding carboxylic acids is 1. The molecule has 3 aromatic rings. The van der Waals surface area contributed by atoms with Crippen molar-refractivity contribution in [1.29, 1.82) is 0 Å². The zero-order valence-electron chi connectivity index (χ0n) is 13.5. The van der Waals surface area contributed by atoms with Crippen LogP contribution in [0.2, 0.25) is 0 Å². The number of ether oxygens (including phenoxy) is 1. The number of anilines is 2. The van der Waals surface area contributed by atoms with E-state index in [0.717, 1.165) is 29.7 Å². The molecule has 0 radical (unpaired) electrons. The van der Waals surface area contributed by atoms with Crippen LogP contribution in [0.25, 0.3) is 11.2 Å². The fourth-order valence-corrected chi connectivity index (χ4v) is 3.54. The minimum absolute atomic E-state index is 0.272. The van der Waals surface area contributed by atoms with Gasteiger partial charge < -0.3 is 10.1 Å². The van der Waals surface area contributed by atoms with Gasteiger partial charge in [0.05, 0.1) is 17.8 Å². The van der Waals surface area contributed by atoms with Crippen LogP contribution in [0, 0.1) is 0 Å². The minimum atomic E-state index is -0.272. The number of hydrogen-bond acceptors (Lipinski definition) is 7. The van der Waals surface area contributed by atoms with Crippen LogP contribution in [0.1, 0.15) is 47.6 Å². The molecular formula is C17H16N6O2. The lowest BCUT2D eigenvalue weighted by Crippen LogP contribution is -2.08. The van der Waals surface area contributed by atoms with Crippen molar-refractivity contribution in [2.24, 2.45) is 0 Å². The fraction of sp³-hybridized carbons (Fsp3) is 0.353. The largest absolute Gasteiger partial charge is 0.457 e. The Morgan fingerprint density at radius 3 is 3.00 bits per heavy atom. The maximum Gasteiger partial charge on any atom is 0.338 e. The maximum atomic E-state index is 11.5. The zero-order chi connectivity index (χ0) is 16.8. The van der Waals surface area contributed by atoms with Crippen LogP contribution in [-0.2, 0) is 11.3 Å². The molecule has 5 rings (SSSR count). The lowest BCUT2D eigenvalue weighted by Gasteiger charge is -2.10. The molecule has 0 saturated heterocycles. The molecule has 1 aliphatic heterocycles. The van der Waals surface area contributed by atoms with E-state index < -0.39 is 0 Å². The number of carbonyl (C=O) groups is 1. The van der Waals surface area contributed by atoms with Crippen LogP contribution in [0.15, 0.2) is 24.4 Å². The SMILES string of the molecule is O=C1OCc2cc(Nc3ncc4nnn(C5CCCC5)c4n3)ccc21. The first-order valence-corrected chi connectivity index (χ1v) is 8.43. The van der Waals surface area contributed by atoms with Crippen molar-refractivity contribution >= 4 is 28.8 Å². The average Bonchev–Trinajstić information content (AvgIpc) is 3.34. The number of esters is 1. The van der Waals surface area contributed by atoms with Crippen LogP contribution in [0.5, 0.6) is 0 Å². The van der Waals surface area contributed by atoms with Crippen molar-refractivity contribution in [1.82, 2.24) is 25.0 Å². The first-order valence-electron chi connectivity index (χ1n) is 8.43. The molecule has 8 heteroatoms. The predicted molar refractivity (Wildman–Crippen MR) is 89.5 cm³/mol. The van der Waals surface area contributed by atoms with Gasteiger partial charge >= 0.3 is 5.97 Å². The molecule has 1 fully saturated rings. The van der Waals surface area contributed by atoms with E-state index in [2.05, 4.69) is 25.6 Å². The summed E-state index contributed by atoms with van der Waals surface area (Å²) in [5.41, 5.74) is 3.75. The molecular weight excluding hydrogens is 320 g/mol. The normalized spacial score (nSPS) is 17.0. The van der Waals surface area contributed by atoms with Crippen molar-refractivity contribution in [3.63, 3.8) is 0 Å². The third-order valence-corrected chi connectivity index (χ3v) is 4.83. The molecule has 126 valence electrons. The van der Waals surface area contributed by atoms with Crippen molar-refractivity contribution in [3.8, 4) is 0 Å². The lowest BCUT2D eigenvalue weighted by atomic mass is 10.1. The van der Waals surface area contributed by atoms with Crippen LogP contribution >= 0.6 is 0 Å². The highest BCUT2D eigenvalue weighted by Crippen LogP contribution is 2.31. The summed E-state index contributed by atoms with van der Waals surface area (Å²) in [6, 6.07) is 5.85. The summed E-state index contributed by atoms with van der Waals surface area (Å²) in [7, 11) is 0. The number of aromatic nitrogens is 5. The van der Waals surface area contributed by atoms with Crippen LogP contribution in [0.4, 0.5) is 11.6 Å². The number of rotatable bonds is 3. The molecule has 0 unspecified atom stereocenters. The Balaban J connectivity index is 1.47. The molecule has 2 aromatic heterocycles. The van der Waals surface area contributed by atoms with Gasteiger partial charge in [0.2, 0.25) is 5.95 Å². The Labute approximate surface area is 143 Å². The number of hydrogen-bond donors (Lipinski definition) is 1. The number of nitrogens with one attached hydrogen (secondary N) is 1. The second-order valence-corrected chi connectivity index (χ2v) is 6.45. The highest BCUT2D eigenvalue weighted by Gasteiger charge is 2.22. The van der Waals surface area contributed by atoms with E-state index in [0.29, 0.717) is 29.7 Å². The zero-order valence-corrected chi connectivity index (χ0v) is 13.5. The maximum absolute atomic E-state index is 11.5. The van der Waals surface area contributed by atoms with E-state index in [1.165, 1.54) is 12.8 Å². The third-order valence-electron chi connectivity index (χ3n) is 4.83. The first-order chi connectivity index (χ1) is 12.3. The molecule has 1 N–H and O–H groups in total. The summed E-state index contributed by atoms with van der Waals surface area (Å²) in [6.45, 7) is 0.307. The molecule has 8 nitrogen and oxygen atoms in total. The smallest absolute Gasteiger partial charge is 0.338 e. The number of fused-ring (bicyclic) bond motifs is 2. The Kier molecular flexibility index (Phi) is 3.16. The second-order valence-electron chi connectivity index (χ2n) is 6.45. The Bertz CT molecular complexity index is 976. The van der Waals surface area contributed by atoms with Crippen molar-refractivity contribution in [3.05, 3.63) is 35.5 Å². The van der Waals surface area contributed by atoms with Gasteiger partial charge in [-0.3, -0.25) is 0 Å². The van der Waals surface area contributed by atoms with E-state index in [-0.39, 0.29) is 5.97 Å². The predicted octanol–water partition coefficient (Wildman–Crippen LogP) is 2.75. The Morgan fingerprint density at radius 1 is 1.24 bits per heavy atom. The summed E-state index contributed by atoms with van der Waals surface area (Å²) in [6.07, 6.45) is 6.35. The second kappa shape index (κ2) is 5.51. The average molecular weight is 336 g/mol. The molecule has 1 saturated carbocycles. The first kappa shape index (κ1) is 14.3. The van der Waals surface area contributed by atoms with Crippen molar-refractivity contribution in [2.45, 2.75) is 38.3 Å². The number of cyclic esters (lactones) is 1. The van der Waals surface area contributed by atoms with Crippen LogP contribution < -0.4 is 5.32 Å². The molecule has 0 spiro atoms. The van der Waals surface area contributed by atoms with Gasteiger partial charge in [-0.25, -0.2) is 14.5 Å². The van der Waals surface area contributed by atoms with Gasteiger partial charge in [0.15, 0.2) is 11.2 Å². The Hall–Kier alpha value is -3.03. The van der Waals surface area contributed by atoms with Gasteiger partial charge in [-0.1, -0.05) is 18.1 Å². The molecule has 3 heterocycles. The minimum Gasteiger partial charge on any atom is -0.457 e. The summed E-state index contributed by atoms with van der Waals surface area (Å²) >= 11 is 0. The summed E-state index contributed by atoms with van der Waals surface area (Å²) in [4.78, 5) is 20.4. The summed E-state index contributed by atoms with van der Waals surface area (Å²) in [5.74, 6) is 0.213. The van der Waals surface area contributed by atoms with Gasteiger partial charge in [-0.05, 0) is 31.0 Å². The van der Waals surface area contributed by atoms with E-state index in [4.69, 9.17) is 4.74 Å². The van der Waals surface area contributed by atoms with Crippen molar-refractivity contribution in [2.75, 3.05) is 5.32 Å². The number of nitrogens with zero attached hydrogens (tertiary/aromatic N) is 5. The van der Waals surface area contributed by atoms with E-state index in [9.17, 15) is 4.79 Å². The molecule has 25 heavy (non-hydrogen) atoms. The molecule has 0 bridgehead atoms. The quantitative estimate of drug-likeness (QED) is 0.735. The molecule has 0 amide bonds. The van der Waals surface area contributed by atoms with Crippen molar-refractivity contribution < 1.29 is 9.53 Å². The Morgan fingerprint density at radius 2 is 2.12 bits per heavy atom. The molecule has 1 aromatic carbocycles. The van der Waals surface area contributed by atoms with Crippen LogP contribution in [0.3, 0.4) is 0 Å². The molecule has 0 atom stereocenters. The van der Waals surface area contributed by atoms with Gasteiger partial charge in [0, 0.05) is 11.3 Å². The number of benzene rings is 1. The van der Waals surface area contributed by atoms with Gasteiger partial charge in [0.25, 0.3) is 0 Å². The topological polar surface area (TPSA) is 94.8 Å². The summed E-state index contributed by atoms with van der Waals surface area (Å²) in [5, 5.41) is 11.6. The lowest BCUT2D eigenvalue weighted by molar-refractivity contribution is 0.0535. The molecule has 1 aliphatic carbocycles. The standard InChI is InChI=1S/C17H16N6O2/c24-16-13-6-5-11(7-10(13)9-25-16)19-17-18-8-14-15(20-17)23(22-21-14)12-3-1-2-4-12/h5-8,12H,1-4,9H2,(H,18,19,20). The third kappa shape index (κ3) is 2.41. The monoisotopic (exact) mass is 336 g/mol. The van der Waals surface area contributed by atoms with Gasteiger partial charge in [-0.2, -0.15) is 4.98 Å².